The standard InChI is InChI=1S/C24H19FN4O4S/c1-15-14-19(11-12-20(15)25)34(32,33)29-18-9-6-17(7-10-18)23(30)27-28-24(31)22-13-8-16-4-2-3-5-21(16)26-22/h2-14,29H,1H3,(H,27,30)(H,28,31). The molecule has 3 aromatic carbocycles. The molecule has 0 fully saturated rings. The lowest BCUT2D eigenvalue weighted by atomic mass is 10.2. The fraction of sp³-hybridized carbons (Fsp3) is 0.0417. The van der Waals surface area contributed by atoms with Gasteiger partial charge in [0.1, 0.15) is 11.5 Å². The summed E-state index contributed by atoms with van der Waals surface area (Å²) >= 11 is 0. The minimum absolute atomic E-state index is 0.0850. The molecule has 0 saturated heterocycles. The first-order chi connectivity index (χ1) is 16.2. The number of fused-ring (bicyclic) bond motifs is 1. The molecule has 0 atom stereocenters. The number of rotatable bonds is 5. The smallest absolute Gasteiger partial charge is 0.280 e. The van der Waals surface area contributed by atoms with Crippen LogP contribution >= 0.6 is 0 Å². The molecule has 34 heavy (non-hydrogen) atoms. The van der Waals surface area contributed by atoms with Crippen LogP contribution in [0.3, 0.4) is 0 Å². The minimum Gasteiger partial charge on any atom is -0.280 e. The molecule has 0 aliphatic carbocycles. The quantitative estimate of drug-likeness (QED) is 0.379. The third kappa shape index (κ3) is 5.02. The van der Waals surface area contributed by atoms with Gasteiger partial charge in [0.15, 0.2) is 0 Å². The summed E-state index contributed by atoms with van der Waals surface area (Å²) in [5.41, 5.74) is 5.99. The molecule has 0 aliphatic rings. The topological polar surface area (TPSA) is 117 Å². The van der Waals surface area contributed by atoms with Gasteiger partial charge in [-0.1, -0.05) is 24.3 Å². The zero-order valence-electron chi connectivity index (χ0n) is 17.9. The second-order valence-corrected chi connectivity index (χ2v) is 9.07. The van der Waals surface area contributed by atoms with Gasteiger partial charge >= 0.3 is 0 Å². The molecule has 0 unspecified atom stereocenters. The number of hydrogen-bond donors (Lipinski definition) is 3. The Morgan fingerprint density at radius 3 is 2.29 bits per heavy atom. The van der Waals surface area contributed by atoms with Gasteiger partial charge < -0.3 is 0 Å². The summed E-state index contributed by atoms with van der Waals surface area (Å²) in [6, 6.07) is 19.7. The van der Waals surface area contributed by atoms with Crippen molar-refractivity contribution in [3.8, 4) is 0 Å². The predicted molar refractivity (Wildman–Crippen MR) is 125 cm³/mol. The summed E-state index contributed by atoms with van der Waals surface area (Å²) in [7, 11) is -3.93. The van der Waals surface area contributed by atoms with Gasteiger partial charge in [-0.15, -0.1) is 0 Å². The van der Waals surface area contributed by atoms with E-state index in [1.165, 1.54) is 43.3 Å². The summed E-state index contributed by atoms with van der Waals surface area (Å²) in [5, 5.41) is 0.883. The van der Waals surface area contributed by atoms with E-state index in [1.54, 1.807) is 18.2 Å². The second-order valence-electron chi connectivity index (χ2n) is 7.39. The molecule has 3 N–H and O–H groups in total. The zero-order valence-corrected chi connectivity index (χ0v) is 18.7. The fourth-order valence-electron chi connectivity index (χ4n) is 3.13. The van der Waals surface area contributed by atoms with Gasteiger partial charge in [0, 0.05) is 16.6 Å². The molecule has 172 valence electrons. The molecular formula is C24H19FN4O4S. The first-order valence-electron chi connectivity index (χ1n) is 10.1. The molecule has 0 saturated carbocycles. The minimum atomic E-state index is -3.93. The van der Waals surface area contributed by atoms with Gasteiger partial charge in [-0.3, -0.25) is 25.2 Å². The van der Waals surface area contributed by atoms with Crippen LogP contribution < -0.4 is 15.6 Å². The average molecular weight is 479 g/mol. The molecule has 4 rings (SSSR count). The number of aromatic nitrogens is 1. The van der Waals surface area contributed by atoms with Gasteiger partial charge in [0.25, 0.3) is 21.8 Å². The molecule has 0 spiro atoms. The van der Waals surface area contributed by atoms with Crippen LogP contribution in [0.2, 0.25) is 0 Å². The Hall–Kier alpha value is -4.31. The molecule has 0 aliphatic heterocycles. The number of amides is 2. The van der Waals surface area contributed by atoms with E-state index >= 15 is 0 Å². The van der Waals surface area contributed by atoms with E-state index in [0.29, 0.717) is 5.52 Å². The Labute approximate surface area is 194 Å². The van der Waals surface area contributed by atoms with Crippen LogP contribution in [0, 0.1) is 12.7 Å². The Morgan fingerprint density at radius 2 is 1.56 bits per heavy atom. The van der Waals surface area contributed by atoms with E-state index in [-0.39, 0.29) is 27.4 Å². The van der Waals surface area contributed by atoms with Crippen LogP contribution in [-0.4, -0.2) is 25.2 Å². The lowest BCUT2D eigenvalue weighted by Crippen LogP contribution is -2.41. The first kappa shape index (κ1) is 22.9. The van der Waals surface area contributed by atoms with Crippen molar-refractivity contribution in [2.75, 3.05) is 4.72 Å². The van der Waals surface area contributed by atoms with Crippen molar-refractivity contribution in [1.29, 1.82) is 0 Å². The maximum atomic E-state index is 13.4. The Balaban J connectivity index is 1.38. The molecule has 4 aromatic rings. The Bertz CT molecular complexity index is 1510. The van der Waals surface area contributed by atoms with Gasteiger partial charge in [-0.25, -0.2) is 17.8 Å². The normalized spacial score (nSPS) is 11.1. The summed E-state index contributed by atoms with van der Waals surface area (Å²) in [6.45, 7) is 1.47. The largest absolute Gasteiger partial charge is 0.288 e. The SMILES string of the molecule is Cc1cc(S(=O)(=O)Nc2ccc(C(=O)NNC(=O)c3ccc4ccccc4n3)cc2)ccc1F. The van der Waals surface area contributed by atoms with Crippen molar-refractivity contribution in [2.45, 2.75) is 11.8 Å². The van der Waals surface area contributed by atoms with Crippen LogP contribution in [0.1, 0.15) is 26.4 Å². The van der Waals surface area contributed by atoms with Crippen LogP contribution in [0.25, 0.3) is 10.9 Å². The Morgan fingerprint density at radius 1 is 0.853 bits per heavy atom. The number of sulfonamides is 1. The van der Waals surface area contributed by atoms with Crippen molar-refractivity contribution < 1.29 is 22.4 Å². The van der Waals surface area contributed by atoms with Gasteiger partial charge in [0.05, 0.1) is 10.4 Å². The number of hydrazine groups is 1. The number of anilines is 1. The summed E-state index contributed by atoms with van der Waals surface area (Å²) in [5.74, 6) is -1.69. The number of benzene rings is 3. The first-order valence-corrected chi connectivity index (χ1v) is 11.6. The number of pyridine rings is 1. The highest BCUT2D eigenvalue weighted by Crippen LogP contribution is 2.19. The lowest BCUT2D eigenvalue weighted by molar-refractivity contribution is 0.0844. The lowest BCUT2D eigenvalue weighted by Gasteiger charge is -2.10. The number of nitrogens with one attached hydrogen (secondary N) is 3. The number of aryl methyl sites for hydroxylation is 1. The molecular weight excluding hydrogens is 459 g/mol. The fourth-order valence-corrected chi connectivity index (χ4v) is 4.27. The third-order valence-electron chi connectivity index (χ3n) is 4.96. The van der Waals surface area contributed by atoms with E-state index in [4.69, 9.17) is 0 Å². The summed E-state index contributed by atoms with van der Waals surface area (Å²) in [4.78, 5) is 28.9. The molecule has 1 heterocycles. The van der Waals surface area contributed by atoms with Crippen molar-refractivity contribution in [3.63, 3.8) is 0 Å². The maximum Gasteiger partial charge on any atom is 0.288 e. The predicted octanol–water partition coefficient (Wildman–Crippen LogP) is 3.56. The van der Waals surface area contributed by atoms with E-state index < -0.39 is 27.7 Å². The highest BCUT2D eigenvalue weighted by molar-refractivity contribution is 7.92. The van der Waals surface area contributed by atoms with Crippen molar-refractivity contribution in [2.24, 2.45) is 0 Å². The van der Waals surface area contributed by atoms with Gasteiger partial charge in [-0.2, -0.15) is 0 Å². The summed E-state index contributed by atoms with van der Waals surface area (Å²) < 4.78 is 40.8. The molecule has 1 aromatic heterocycles. The van der Waals surface area contributed by atoms with E-state index in [2.05, 4.69) is 20.6 Å². The number of nitrogens with zero attached hydrogens (tertiary/aromatic N) is 1. The van der Waals surface area contributed by atoms with Crippen LogP contribution in [-0.2, 0) is 10.0 Å². The number of hydrogen-bond acceptors (Lipinski definition) is 5. The number of halogens is 1. The molecule has 0 bridgehead atoms. The van der Waals surface area contributed by atoms with Crippen molar-refractivity contribution in [3.05, 3.63) is 102 Å². The molecule has 10 heteroatoms. The van der Waals surface area contributed by atoms with E-state index in [0.717, 1.165) is 11.5 Å². The number of carbonyl (C=O) groups is 2. The highest BCUT2D eigenvalue weighted by atomic mass is 32.2. The third-order valence-corrected chi connectivity index (χ3v) is 6.34. The highest BCUT2D eigenvalue weighted by Gasteiger charge is 2.16. The van der Waals surface area contributed by atoms with Gasteiger partial charge in [-0.05, 0) is 67.1 Å². The summed E-state index contributed by atoms with van der Waals surface area (Å²) in [6.07, 6.45) is 0. The zero-order chi connectivity index (χ0) is 24.3. The molecule has 2 amide bonds. The van der Waals surface area contributed by atoms with Crippen LogP contribution in [0.5, 0.6) is 0 Å². The van der Waals surface area contributed by atoms with E-state index in [1.807, 2.05) is 18.2 Å². The van der Waals surface area contributed by atoms with Crippen LogP contribution in [0.4, 0.5) is 10.1 Å². The molecule has 8 nitrogen and oxygen atoms in total. The van der Waals surface area contributed by atoms with Gasteiger partial charge in [0.2, 0.25) is 0 Å². The molecule has 0 radical (unpaired) electrons. The van der Waals surface area contributed by atoms with E-state index in [9.17, 15) is 22.4 Å². The monoisotopic (exact) mass is 478 g/mol. The van der Waals surface area contributed by atoms with Crippen molar-refractivity contribution in [1.82, 2.24) is 15.8 Å². The van der Waals surface area contributed by atoms with Crippen LogP contribution in [0.15, 0.2) is 83.8 Å². The average Bonchev–Trinajstić information content (AvgIpc) is 2.83. The van der Waals surface area contributed by atoms with Crippen molar-refractivity contribution >= 4 is 38.4 Å². The second kappa shape index (κ2) is 9.28. The Kier molecular flexibility index (Phi) is 6.24. The maximum absolute atomic E-state index is 13.4. The number of carbonyl (C=O) groups excluding carboxylic acids is 2. The number of para-hydroxylation sites is 1.